The monoisotopic (exact) mass is 430 g/mol. The fourth-order valence-electron chi connectivity index (χ4n) is 4.16. The Kier molecular flexibility index (Phi) is 5.37. The molecule has 2 aliphatic rings. The van der Waals surface area contributed by atoms with E-state index in [1.165, 1.54) is 47.9 Å². The average molecular weight is 432 g/mol. The second-order valence-electron chi connectivity index (χ2n) is 7.42. The number of benzene rings is 2. The fourth-order valence-corrected chi connectivity index (χ4v) is 4.84. The Morgan fingerprint density at radius 3 is 2.85 bits per heavy atom. The number of amidine groups is 1. The van der Waals surface area contributed by atoms with Crippen molar-refractivity contribution in [3.8, 4) is 0 Å². The highest BCUT2D eigenvalue weighted by atomic mass is 79.9. The smallest absolute Gasteiger partial charge is 0.129 e. The summed E-state index contributed by atoms with van der Waals surface area (Å²) in [6.45, 7) is 2.17. The molecule has 136 valence electrons. The molecule has 2 unspecified atom stereocenters. The van der Waals surface area contributed by atoms with E-state index in [1.807, 2.05) is 12.1 Å². The highest BCUT2D eigenvalue weighted by molar-refractivity contribution is 9.10. The van der Waals surface area contributed by atoms with E-state index in [9.17, 15) is 0 Å². The molecule has 0 radical (unpaired) electrons. The number of aryl methyl sites for hydroxylation is 2. The number of rotatable bonds is 4. The minimum absolute atomic E-state index is 0.443. The molecule has 0 amide bonds. The Morgan fingerprint density at radius 2 is 2.00 bits per heavy atom. The molecule has 2 aromatic carbocycles. The maximum absolute atomic E-state index is 6.61. The average Bonchev–Trinajstić information content (AvgIpc) is 3.07. The highest BCUT2D eigenvalue weighted by Gasteiger charge is 2.32. The van der Waals surface area contributed by atoms with Crippen LogP contribution in [-0.2, 0) is 12.8 Å². The van der Waals surface area contributed by atoms with Crippen molar-refractivity contribution in [3.05, 3.63) is 68.1 Å². The van der Waals surface area contributed by atoms with Crippen LogP contribution in [-0.4, -0.2) is 17.9 Å². The molecular formula is C22H24BrClN2. The van der Waals surface area contributed by atoms with Crippen molar-refractivity contribution in [1.82, 2.24) is 5.32 Å². The van der Waals surface area contributed by atoms with Crippen LogP contribution in [0.2, 0.25) is 5.02 Å². The summed E-state index contributed by atoms with van der Waals surface area (Å²) in [6, 6.07) is 13.6. The maximum atomic E-state index is 6.61. The zero-order valence-electron chi connectivity index (χ0n) is 15.1. The van der Waals surface area contributed by atoms with Crippen molar-refractivity contribution in [2.24, 2.45) is 4.99 Å². The van der Waals surface area contributed by atoms with Gasteiger partial charge in [0.25, 0.3) is 0 Å². The quantitative estimate of drug-likeness (QED) is 0.644. The number of halogens is 2. The van der Waals surface area contributed by atoms with Crippen LogP contribution in [0.4, 0.5) is 0 Å². The second-order valence-corrected chi connectivity index (χ2v) is 8.74. The molecule has 1 aliphatic heterocycles. The van der Waals surface area contributed by atoms with Gasteiger partial charge in [-0.05, 0) is 67.5 Å². The lowest BCUT2D eigenvalue weighted by Gasteiger charge is -2.23. The summed E-state index contributed by atoms with van der Waals surface area (Å²) in [4.78, 5) is 5.01. The van der Waals surface area contributed by atoms with Crippen LogP contribution in [0.3, 0.4) is 0 Å². The molecule has 0 saturated heterocycles. The van der Waals surface area contributed by atoms with Gasteiger partial charge in [-0.3, -0.25) is 4.99 Å². The van der Waals surface area contributed by atoms with Crippen molar-refractivity contribution >= 4 is 33.4 Å². The van der Waals surface area contributed by atoms with Gasteiger partial charge < -0.3 is 5.32 Å². The summed E-state index contributed by atoms with van der Waals surface area (Å²) >= 11 is 10.2. The predicted molar refractivity (Wildman–Crippen MR) is 113 cm³/mol. The van der Waals surface area contributed by atoms with Crippen LogP contribution in [0.15, 0.2) is 45.9 Å². The number of nitrogens with zero attached hydrogens (tertiary/aromatic N) is 1. The van der Waals surface area contributed by atoms with Crippen molar-refractivity contribution in [2.45, 2.75) is 57.5 Å². The molecular weight excluding hydrogens is 408 g/mol. The van der Waals surface area contributed by atoms with E-state index in [1.54, 1.807) is 0 Å². The lowest BCUT2D eigenvalue weighted by molar-refractivity contribution is 0.385. The maximum Gasteiger partial charge on any atom is 0.129 e. The molecule has 0 bridgehead atoms. The predicted octanol–water partition coefficient (Wildman–Crippen LogP) is 5.86. The summed E-state index contributed by atoms with van der Waals surface area (Å²) in [5, 5.41) is 4.52. The van der Waals surface area contributed by atoms with Gasteiger partial charge in [0, 0.05) is 21.1 Å². The van der Waals surface area contributed by atoms with E-state index < -0.39 is 0 Å². The first-order valence-electron chi connectivity index (χ1n) is 9.49. The third-order valence-electron chi connectivity index (χ3n) is 5.68. The molecule has 2 nitrogen and oxygen atoms in total. The molecule has 1 aliphatic carbocycles. The van der Waals surface area contributed by atoms with Crippen LogP contribution in [0.5, 0.6) is 0 Å². The zero-order chi connectivity index (χ0) is 18.1. The van der Waals surface area contributed by atoms with Crippen LogP contribution >= 0.6 is 27.5 Å². The zero-order valence-corrected chi connectivity index (χ0v) is 17.4. The van der Waals surface area contributed by atoms with Gasteiger partial charge >= 0.3 is 0 Å². The van der Waals surface area contributed by atoms with E-state index in [0.717, 1.165) is 28.2 Å². The lowest BCUT2D eigenvalue weighted by Crippen LogP contribution is -2.37. The van der Waals surface area contributed by atoms with E-state index in [-0.39, 0.29) is 0 Å². The summed E-state index contributed by atoms with van der Waals surface area (Å²) in [6.07, 6.45) is 6.93. The topological polar surface area (TPSA) is 24.4 Å². The van der Waals surface area contributed by atoms with Crippen molar-refractivity contribution in [1.29, 1.82) is 0 Å². The summed E-state index contributed by atoms with van der Waals surface area (Å²) in [5.41, 5.74) is 5.07. The lowest BCUT2D eigenvalue weighted by atomic mass is 9.92. The number of nitrogens with one attached hydrogen (secondary N) is 1. The Bertz CT molecular complexity index is 846. The summed E-state index contributed by atoms with van der Waals surface area (Å²) in [7, 11) is 0. The van der Waals surface area contributed by atoms with Crippen LogP contribution in [0, 0.1) is 6.92 Å². The van der Waals surface area contributed by atoms with Crippen molar-refractivity contribution in [3.63, 3.8) is 0 Å². The number of fused-ring (bicyclic) bond motifs is 1. The van der Waals surface area contributed by atoms with Gasteiger partial charge in [0.1, 0.15) is 5.84 Å². The van der Waals surface area contributed by atoms with Gasteiger partial charge in [0.15, 0.2) is 0 Å². The number of hydrogen-bond acceptors (Lipinski definition) is 2. The Morgan fingerprint density at radius 1 is 1.15 bits per heavy atom. The molecule has 2 aromatic rings. The third-order valence-corrected chi connectivity index (χ3v) is 6.52. The van der Waals surface area contributed by atoms with Crippen molar-refractivity contribution in [2.75, 3.05) is 0 Å². The second kappa shape index (κ2) is 7.74. The van der Waals surface area contributed by atoms with E-state index in [0.29, 0.717) is 12.1 Å². The number of aliphatic imine (C=N–C) groups is 1. The summed E-state index contributed by atoms with van der Waals surface area (Å²) in [5.74, 6) is 1.05. The molecule has 1 heterocycles. The van der Waals surface area contributed by atoms with Gasteiger partial charge in [-0.1, -0.05) is 58.6 Å². The van der Waals surface area contributed by atoms with Crippen LogP contribution in [0.25, 0.3) is 0 Å². The molecule has 0 aromatic heterocycles. The van der Waals surface area contributed by atoms with Gasteiger partial charge in [0.2, 0.25) is 0 Å². The van der Waals surface area contributed by atoms with Gasteiger partial charge in [0.05, 0.1) is 6.04 Å². The molecule has 4 rings (SSSR count). The summed E-state index contributed by atoms with van der Waals surface area (Å²) < 4.78 is 1.13. The van der Waals surface area contributed by atoms with Gasteiger partial charge in [-0.2, -0.15) is 0 Å². The van der Waals surface area contributed by atoms with Crippen LogP contribution < -0.4 is 5.32 Å². The standard InChI is InChI=1S/C22H24BrClN2/c1-14-9-11-16(23)13-15(14)10-12-17-18(5-4-6-19(17)24)22-25-20-7-2-3-8-21(20)26-22/h4-6,9,11,13,20-21H,2-3,7-8,10,12H2,1H3,(H,25,26). The first kappa shape index (κ1) is 18.1. The molecule has 4 heteroatoms. The largest absolute Gasteiger partial charge is 0.365 e. The van der Waals surface area contributed by atoms with E-state index in [4.69, 9.17) is 16.6 Å². The first-order valence-corrected chi connectivity index (χ1v) is 10.7. The van der Waals surface area contributed by atoms with Crippen molar-refractivity contribution < 1.29 is 0 Å². The van der Waals surface area contributed by atoms with Gasteiger partial charge in [-0.15, -0.1) is 0 Å². The first-order chi connectivity index (χ1) is 12.6. The van der Waals surface area contributed by atoms with Crippen LogP contribution in [0.1, 0.15) is 47.9 Å². The number of hydrogen-bond donors (Lipinski definition) is 1. The molecule has 1 saturated carbocycles. The molecule has 1 N–H and O–H groups in total. The minimum Gasteiger partial charge on any atom is -0.365 e. The Labute approximate surface area is 169 Å². The molecule has 26 heavy (non-hydrogen) atoms. The van der Waals surface area contributed by atoms with E-state index in [2.05, 4.69) is 52.4 Å². The normalized spacial score (nSPS) is 21.9. The van der Waals surface area contributed by atoms with Gasteiger partial charge in [-0.25, -0.2) is 0 Å². The SMILES string of the molecule is Cc1ccc(Br)cc1CCc1c(Cl)cccc1C1=NC2CCCCC2N1. The molecule has 2 atom stereocenters. The minimum atomic E-state index is 0.443. The Balaban J connectivity index is 1.60. The highest BCUT2D eigenvalue weighted by Crippen LogP contribution is 2.29. The molecule has 0 spiro atoms. The third kappa shape index (κ3) is 3.70. The molecule has 1 fully saturated rings. The fraction of sp³-hybridized carbons (Fsp3) is 0.409. The Hall–Kier alpha value is -1.32. The van der Waals surface area contributed by atoms with E-state index >= 15 is 0 Å².